The Kier molecular flexibility index (Phi) is 5.63. The minimum Gasteiger partial charge on any atom is -0.350 e. The van der Waals surface area contributed by atoms with Crippen molar-refractivity contribution in [1.29, 1.82) is 0 Å². The molecule has 0 aliphatic rings. The van der Waals surface area contributed by atoms with Gasteiger partial charge in [-0.05, 0) is 23.3 Å². The Hall–Kier alpha value is -3.45. The number of fused-ring (bicyclic) bond motifs is 1. The molecular weight excluding hydrogens is 398 g/mol. The van der Waals surface area contributed by atoms with Gasteiger partial charge in [0, 0.05) is 36.0 Å². The predicted molar refractivity (Wildman–Crippen MR) is 115 cm³/mol. The van der Waals surface area contributed by atoms with Gasteiger partial charge in [0.15, 0.2) is 9.84 Å². The number of nitrogens with zero attached hydrogens (tertiary/aromatic N) is 2. The van der Waals surface area contributed by atoms with Gasteiger partial charge in [-0.15, -0.1) is 0 Å². The zero-order chi connectivity index (χ0) is 21.0. The molecule has 6 nitrogen and oxygen atoms in total. The van der Waals surface area contributed by atoms with Crippen LogP contribution in [0.15, 0.2) is 90.2 Å². The van der Waals surface area contributed by atoms with Gasteiger partial charge in [0.2, 0.25) is 5.91 Å². The molecule has 0 saturated carbocycles. The van der Waals surface area contributed by atoms with Crippen LogP contribution >= 0.6 is 0 Å². The van der Waals surface area contributed by atoms with Crippen molar-refractivity contribution in [2.75, 3.05) is 0 Å². The van der Waals surface area contributed by atoms with Crippen LogP contribution in [-0.2, 0) is 33.5 Å². The Morgan fingerprint density at radius 3 is 2.43 bits per heavy atom. The predicted octanol–water partition coefficient (Wildman–Crippen LogP) is 3.33. The molecule has 4 aromatic rings. The third-order valence-corrected chi connectivity index (χ3v) is 6.52. The van der Waals surface area contributed by atoms with Crippen molar-refractivity contribution in [2.24, 2.45) is 0 Å². The van der Waals surface area contributed by atoms with Crippen LogP contribution < -0.4 is 5.32 Å². The molecule has 7 heteroatoms. The van der Waals surface area contributed by atoms with Crippen LogP contribution in [0.5, 0.6) is 0 Å². The van der Waals surface area contributed by atoms with E-state index in [0.717, 1.165) is 11.1 Å². The molecule has 0 atom stereocenters. The summed E-state index contributed by atoms with van der Waals surface area (Å²) in [5, 5.41) is 3.47. The molecule has 4 rings (SSSR count). The first-order valence-electron chi connectivity index (χ1n) is 9.53. The van der Waals surface area contributed by atoms with Gasteiger partial charge in [-0.2, -0.15) is 0 Å². The number of sulfone groups is 1. The number of benzene rings is 2. The van der Waals surface area contributed by atoms with Gasteiger partial charge in [-0.1, -0.05) is 54.6 Å². The molecule has 1 N–H and O–H groups in total. The molecule has 0 spiro atoms. The highest BCUT2D eigenvalue weighted by Gasteiger charge is 2.22. The standard InChI is InChI=1S/C23H21N3O3S/c27-23(25-14-19-9-6-12-24-13-19)16-26-15-22(20-10-4-5-11-21(20)26)30(28,29)17-18-7-2-1-3-8-18/h1-13,15H,14,16-17H2,(H,25,27). The lowest BCUT2D eigenvalue weighted by Gasteiger charge is -2.07. The largest absolute Gasteiger partial charge is 0.350 e. The van der Waals surface area contributed by atoms with Crippen LogP contribution in [0.3, 0.4) is 0 Å². The highest BCUT2D eigenvalue weighted by Crippen LogP contribution is 2.28. The lowest BCUT2D eigenvalue weighted by Crippen LogP contribution is -2.26. The van der Waals surface area contributed by atoms with Gasteiger partial charge < -0.3 is 9.88 Å². The minimum absolute atomic E-state index is 0.0294. The zero-order valence-corrected chi connectivity index (χ0v) is 17.0. The van der Waals surface area contributed by atoms with E-state index in [4.69, 9.17) is 0 Å². The van der Waals surface area contributed by atoms with E-state index in [-0.39, 0.29) is 23.1 Å². The van der Waals surface area contributed by atoms with E-state index in [0.29, 0.717) is 17.4 Å². The Bertz CT molecular complexity index is 1270. The molecule has 2 heterocycles. The molecule has 2 aromatic carbocycles. The van der Waals surface area contributed by atoms with Gasteiger partial charge in [0.25, 0.3) is 0 Å². The molecule has 0 saturated heterocycles. The maximum absolute atomic E-state index is 13.1. The molecule has 0 unspecified atom stereocenters. The number of rotatable bonds is 7. The monoisotopic (exact) mass is 419 g/mol. The fourth-order valence-corrected chi connectivity index (χ4v) is 4.96. The summed E-state index contributed by atoms with van der Waals surface area (Å²) in [6, 6.07) is 20.0. The number of para-hydroxylation sites is 1. The van der Waals surface area contributed by atoms with Crippen molar-refractivity contribution in [3.63, 3.8) is 0 Å². The zero-order valence-electron chi connectivity index (χ0n) is 16.2. The summed E-state index contributed by atoms with van der Waals surface area (Å²) in [6.07, 6.45) is 4.93. The molecular formula is C23H21N3O3S. The third-order valence-electron chi connectivity index (χ3n) is 4.81. The van der Waals surface area contributed by atoms with E-state index >= 15 is 0 Å². The van der Waals surface area contributed by atoms with Crippen molar-refractivity contribution in [1.82, 2.24) is 14.9 Å². The summed E-state index contributed by atoms with van der Waals surface area (Å²) in [5.74, 6) is -0.290. The second-order valence-corrected chi connectivity index (χ2v) is 8.98. The van der Waals surface area contributed by atoms with Gasteiger partial charge in [0.1, 0.15) is 6.54 Å². The fourth-order valence-electron chi connectivity index (χ4n) is 3.38. The normalized spacial score (nSPS) is 11.5. The molecule has 0 bridgehead atoms. The lowest BCUT2D eigenvalue weighted by atomic mass is 10.2. The average molecular weight is 420 g/mol. The fraction of sp³-hybridized carbons (Fsp3) is 0.130. The highest BCUT2D eigenvalue weighted by atomic mass is 32.2. The Morgan fingerprint density at radius 2 is 1.67 bits per heavy atom. The highest BCUT2D eigenvalue weighted by molar-refractivity contribution is 7.90. The topological polar surface area (TPSA) is 81.1 Å². The number of amides is 1. The maximum Gasteiger partial charge on any atom is 0.240 e. The van der Waals surface area contributed by atoms with E-state index < -0.39 is 9.84 Å². The smallest absolute Gasteiger partial charge is 0.240 e. The molecule has 1 amide bonds. The van der Waals surface area contributed by atoms with Crippen LogP contribution in [0.2, 0.25) is 0 Å². The van der Waals surface area contributed by atoms with Crippen molar-refractivity contribution < 1.29 is 13.2 Å². The summed E-state index contributed by atoms with van der Waals surface area (Å²) >= 11 is 0. The van der Waals surface area contributed by atoms with Gasteiger partial charge in [-0.3, -0.25) is 9.78 Å². The summed E-state index contributed by atoms with van der Waals surface area (Å²) in [7, 11) is -3.57. The summed E-state index contributed by atoms with van der Waals surface area (Å²) in [6.45, 7) is 0.396. The molecule has 0 aliphatic carbocycles. The first-order chi connectivity index (χ1) is 14.5. The van der Waals surface area contributed by atoms with Crippen molar-refractivity contribution in [3.05, 3.63) is 96.4 Å². The van der Waals surface area contributed by atoms with Crippen LogP contribution in [0, 0.1) is 0 Å². The Morgan fingerprint density at radius 1 is 0.933 bits per heavy atom. The number of carbonyl (C=O) groups excluding carboxylic acids is 1. The van der Waals surface area contributed by atoms with Crippen LogP contribution in [-0.4, -0.2) is 23.9 Å². The SMILES string of the molecule is O=C(Cn1cc(S(=O)(=O)Cc2ccccc2)c2ccccc21)NCc1cccnc1. The number of aromatic nitrogens is 2. The van der Waals surface area contributed by atoms with E-state index in [9.17, 15) is 13.2 Å². The van der Waals surface area contributed by atoms with Crippen LogP contribution in [0.4, 0.5) is 0 Å². The summed E-state index contributed by atoms with van der Waals surface area (Å²) < 4.78 is 27.9. The van der Waals surface area contributed by atoms with E-state index in [2.05, 4.69) is 10.3 Å². The van der Waals surface area contributed by atoms with Crippen molar-refractivity contribution >= 4 is 26.6 Å². The number of nitrogens with one attached hydrogen (secondary N) is 1. The number of hydrogen-bond donors (Lipinski definition) is 1. The van der Waals surface area contributed by atoms with Gasteiger partial charge in [-0.25, -0.2) is 8.42 Å². The van der Waals surface area contributed by atoms with E-state index in [1.807, 2.05) is 42.5 Å². The molecule has 30 heavy (non-hydrogen) atoms. The van der Waals surface area contributed by atoms with Gasteiger partial charge >= 0.3 is 0 Å². The number of carbonyl (C=O) groups is 1. The van der Waals surface area contributed by atoms with Crippen LogP contribution in [0.1, 0.15) is 11.1 Å². The van der Waals surface area contributed by atoms with Crippen LogP contribution in [0.25, 0.3) is 10.9 Å². The van der Waals surface area contributed by atoms with Crippen molar-refractivity contribution in [2.45, 2.75) is 23.7 Å². The second kappa shape index (κ2) is 8.51. The first-order valence-corrected chi connectivity index (χ1v) is 11.2. The number of pyridine rings is 1. The average Bonchev–Trinajstić information content (AvgIpc) is 3.13. The molecule has 2 aromatic heterocycles. The third kappa shape index (κ3) is 4.41. The van der Waals surface area contributed by atoms with E-state index in [1.54, 1.807) is 47.4 Å². The molecule has 152 valence electrons. The van der Waals surface area contributed by atoms with E-state index in [1.165, 1.54) is 0 Å². The molecule has 0 fully saturated rings. The van der Waals surface area contributed by atoms with Gasteiger partial charge in [0.05, 0.1) is 10.6 Å². The molecule has 0 radical (unpaired) electrons. The maximum atomic E-state index is 13.1. The Labute approximate surface area is 175 Å². The lowest BCUT2D eigenvalue weighted by molar-refractivity contribution is -0.121. The molecule has 0 aliphatic heterocycles. The first kappa shape index (κ1) is 19.8. The second-order valence-electron chi connectivity index (χ2n) is 7.02. The number of hydrogen-bond acceptors (Lipinski definition) is 4. The summed E-state index contributed by atoms with van der Waals surface area (Å²) in [4.78, 5) is 16.7. The Balaban J connectivity index is 1.58. The quantitative estimate of drug-likeness (QED) is 0.498. The minimum atomic E-state index is -3.57. The van der Waals surface area contributed by atoms with Crippen molar-refractivity contribution in [3.8, 4) is 0 Å². The summed E-state index contributed by atoms with van der Waals surface area (Å²) in [5.41, 5.74) is 2.33.